The van der Waals surface area contributed by atoms with Crippen LogP contribution >= 0.6 is 0 Å². The molecule has 2 saturated heterocycles. The Hall–Kier alpha value is -2.41. The van der Waals surface area contributed by atoms with Crippen molar-refractivity contribution in [2.45, 2.75) is 37.9 Å². The average molecular weight is 328 g/mol. The zero-order valence-corrected chi connectivity index (χ0v) is 13.3. The Bertz CT molecular complexity index is 733. The highest BCUT2D eigenvalue weighted by Gasteiger charge is 2.39. The number of fused-ring (bicyclic) bond motifs is 1. The molecule has 3 amide bonds. The number of carbonyl (C=O) groups is 3. The van der Waals surface area contributed by atoms with E-state index in [4.69, 9.17) is 5.73 Å². The highest BCUT2D eigenvalue weighted by atomic mass is 16.2. The number of nitrogens with two attached hydrogens (primary N) is 1. The van der Waals surface area contributed by atoms with Crippen LogP contribution in [0.3, 0.4) is 0 Å². The largest absolute Gasteiger partial charge is 0.370 e. The monoisotopic (exact) mass is 328 g/mol. The number of carbonyl (C=O) groups excluding carboxylic acids is 3. The summed E-state index contributed by atoms with van der Waals surface area (Å²) in [6.07, 6.45) is 1.63. The van der Waals surface area contributed by atoms with Crippen LogP contribution in [0.15, 0.2) is 18.2 Å². The van der Waals surface area contributed by atoms with E-state index in [2.05, 4.69) is 10.2 Å². The van der Waals surface area contributed by atoms with Crippen LogP contribution in [0.5, 0.6) is 0 Å². The van der Waals surface area contributed by atoms with Crippen molar-refractivity contribution in [2.75, 3.05) is 18.0 Å². The summed E-state index contributed by atoms with van der Waals surface area (Å²) >= 11 is 0. The second kappa shape index (κ2) is 5.59. The van der Waals surface area contributed by atoms with Crippen LogP contribution in [0.1, 0.15) is 35.2 Å². The first-order valence-electron chi connectivity index (χ1n) is 8.31. The van der Waals surface area contributed by atoms with Gasteiger partial charge in [-0.3, -0.25) is 19.7 Å². The second-order valence-electron chi connectivity index (χ2n) is 6.74. The summed E-state index contributed by atoms with van der Waals surface area (Å²) in [7, 11) is 0. The summed E-state index contributed by atoms with van der Waals surface area (Å²) in [4.78, 5) is 39.8. The van der Waals surface area contributed by atoms with Gasteiger partial charge in [0.05, 0.1) is 0 Å². The SMILES string of the molecule is NC1CCN(c2ccc3c(c2)CN(C2CCC(=O)NC2=O)C3=O)C1. The maximum absolute atomic E-state index is 12.6. The minimum atomic E-state index is -0.564. The molecule has 2 atom stereocenters. The minimum Gasteiger partial charge on any atom is -0.370 e. The maximum atomic E-state index is 12.6. The Kier molecular flexibility index (Phi) is 3.53. The highest BCUT2D eigenvalue weighted by molar-refractivity contribution is 6.05. The van der Waals surface area contributed by atoms with E-state index in [-0.39, 0.29) is 30.2 Å². The second-order valence-corrected chi connectivity index (χ2v) is 6.74. The van der Waals surface area contributed by atoms with E-state index < -0.39 is 6.04 Å². The van der Waals surface area contributed by atoms with Crippen molar-refractivity contribution in [2.24, 2.45) is 5.73 Å². The molecule has 3 heterocycles. The van der Waals surface area contributed by atoms with Crippen molar-refractivity contribution in [3.8, 4) is 0 Å². The third-order valence-electron chi connectivity index (χ3n) is 5.10. The molecule has 7 heteroatoms. The summed E-state index contributed by atoms with van der Waals surface area (Å²) in [5.74, 6) is -0.782. The number of piperidine rings is 1. The first kappa shape index (κ1) is 15.1. The van der Waals surface area contributed by atoms with Gasteiger partial charge >= 0.3 is 0 Å². The van der Waals surface area contributed by atoms with Gasteiger partial charge in [0, 0.05) is 43.3 Å². The molecule has 0 aliphatic carbocycles. The maximum Gasteiger partial charge on any atom is 0.255 e. The molecule has 24 heavy (non-hydrogen) atoms. The molecule has 3 aliphatic rings. The lowest BCUT2D eigenvalue weighted by atomic mass is 10.0. The number of nitrogens with one attached hydrogen (secondary N) is 1. The minimum absolute atomic E-state index is 0.135. The fourth-order valence-electron chi connectivity index (χ4n) is 3.78. The lowest BCUT2D eigenvalue weighted by molar-refractivity contribution is -0.136. The Balaban J connectivity index is 1.56. The number of imide groups is 1. The molecule has 0 radical (unpaired) electrons. The Morgan fingerprint density at radius 3 is 2.71 bits per heavy atom. The van der Waals surface area contributed by atoms with Crippen molar-refractivity contribution < 1.29 is 14.4 Å². The summed E-state index contributed by atoms with van der Waals surface area (Å²) in [6.45, 7) is 2.16. The lowest BCUT2D eigenvalue weighted by Gasteiger charge is -2.29. The number of nitrogens with zero attached hydrogens (tertiary/aromatic N) is 2. The first-order chi connectivity index (χ1) is 11.5. The molecule has 2 unspecified atom stereocenters. The first-order valence-corrected chi connectivity index (χ1v) is 8.31. The van der Waals surface area contributed by atoms with Crippen molar-refractivity contribution in [3.05, 3.63) is 29.3 Å². The number of hydrogen-bond donors (Lipinski definition) is 2. The normalized spacial score (nSPS) is 26.8. The standard InChI is InChI=1S/C17H20N4O3/c18-11-5-6-20(9-11)12-1-2-13-10(7-12)8-21(17(13)24)14-3-4-15(22)19-16(14)23/h1-2,7,11,14H,3-6,8-9,18H2,(H,19,22,23). The molecule has 1 aromatic rings. The highest BCUT2D eigenvalue weighted by Crippen LogP contribution is 2.31. The van der Waals surface area contributed by atoms with Crippen molar-refractivity contribution >= 4 is 23.4 Å². The zero-order chi connectivity index (χ0) is 16.8. The molecule has 1 aromatic carbocycles. The molecule has 3 aliphatic heterocycles. The smallest absolute Gasteiger partial charge is 0.255 e. The van der Waals surface area contributed by atoms with Gasteiger partial charge in [0.2, 0.25) is 11.8 Å². The molecule has 4 rings (SSSR count). The third kappa shape index (κ3) is 2.45. The van der Waals surface area contributed by atoms with E-state index in [1.165, 1.54) is 0 Å². The topological polar surface area (TPSA) is 95.7 Å². The van der Waals surface area contributed by atoms with Gasteiger partial charge in [0.15, 0.2) is 0 Å². The third-order valence-corrected chi connectivity index (χ3v) is 5.10. The average Bonchev–Trinajstić information content (AvgIpc) is 3.11. The van der Waals surface area contributed by atoms with Gasteiger partial charge in [-0.2, -0.15) is 0 Å². The van der Waals surface area contributed by atoms with Crippen LogP contribution in [0.4, 0.5) is 5.69 Å². The van der Waals surface area contributed by atoms with Crippen LogP contribution in [0.25, 0.3) is 0 Å². The molecular formula is C17H20N4O3. The van der Waals surface area contributed by atoms with Crippen LogP contribution in [0, 0.1) is 0 Å². The van der Waals surface area contributed by atoms with E-state index in [1.54, 1.807) is 4.90 Å². The van der Waals surface area contributed by atoms with Crippen molar-refractivity contribution in [1.29, 1.82) is 0 Å². The van der Waals surface area contributed by atoms with Gasteiger partial charge in [-0.15, -0.1) is 0 Å². The Morgan fingerprint density at radius 1 is 1.17 bits per heavy atom. The van der Waals surface area contributed by atoms with Gasteiger partial charge in [0.25, 0.3) is 5.91 Å². The molecule has 0 aromatic heterocycles. The van der Waals surface area contributed by atoms with E-state index in [0.717, 1.165) is 30.8 Å². The fourth-order valence-corrected chi connectivity index (χ4v) is 3.78. The zero-order valence-electron chi connectivity index (χ0n) is 13.3. The Labute approximate surface area is 139 Å². The molecule has 0 bridgehead atoms. The van der Waals surface area contributed by atoms with Crippen LogP contribution in [-0.2, 0) is 16.1 Å². The number of amides is 3. The van der Waals surface area contributed by atoms with E-state index in [0.29, 0.717) is 18.5 Å². The quantitative estimate of drug-likeness (QED) is 0.744. The van der Waals surface area contributed by atoms with Gasteiger partial charge in [0.1, 0.15) is 6.04 Å². The predicted octanol–water partition coefficient (Wildman–Crippen LogP) is -0.0150. The molecule has 0 spiro atoms. The van der Waals surface area contributed by atoms with Gasteiger partial charge in [-0.25, -0.2) is 0 Å². The van der Waals surface area contributed by atoms with E-state index in [9.17, 15) is 14.4 Å². The van der Waals surface area contributed by atoms with Gasteiger partial charge in [-0.1, -0.05) is 0 Å². The number of rotatable bonds is 2. The van der Waals surface area contributed by atoms with Crippen molar-refractivity contribution in [3.63, 3.8) is 0 Å². The van der Waals surface area contributed by atoms with Crippen molar-refractivity contribution in [1.82, 2.24) is 10.2 Å². The van der Waals surface area contributed by atoms with Crippen LogP contribution in [0.2, 0.25) is 0 Å². The fraction of sp³-hybridized carbons (Fsp3) is 0.471. The summed E-state index contributed by atoms with van der Waals surface area (Å²) in [5.41, 5.74) is 8.61. The summed E-state index contributed by atoms with van der Waals surface area (Å²) < 4.78 is 0. The molecule has 2 fully saturated rings. The van der Waals surface area contributed by atoms with Crippen LogP contribution < -0.4 is 16.0 Å². The number of hydrogen-bond acceptors (Lipinski definition) is 5. The summed E-state index contributed by atoms with van der Waals surface area (Å²) in [5, 5.41) is 2.32. The molecule has 3 N–H and O–H groups in total. The van der Waals surface area contributed by atoms with Gasteiger partial charge in [-0.05, 0) is 36.6 Å². The molecule has 7 nitrogen and oxygen atoms in total. The predicted molar refractivity (Wildman–Crippen MR) is 87.3 cm³/mol. The Morgan fingerprint density at radius 2 is 2.00 bits per heavy atom. The number of benzene rings is 1. The lowest BCUT2D eigenvalue weighted by Crippen LogP contribution is -2.52. The number of anilines is 1. The molecule has 126 valence electrons. The molecular weight excluding hydrogens is 308 g/mol. The molecule has 0 saturated carbocycles. The summed E-state index contributed by atoms with van der Waals surface area (Å²) in [6, 6.07) is 5.44. The van der Waals surface area contributed by atoms with E-state index >= 15 is 0 Å². The van der Waals surface area contributed by atoms with Crippen LogP contribution in [-0.4, -0.2) is 47.8 Å². The van der Waals surface area contributed by atoms with Gasteiger partial charge < -0.3 is 15.5 Å². The van der Waals surface area contributed by atoms with E-state index in [1.807, 2.05) is 18.2 Å².